The van der Waals surface area contributed by atoms with Crippen LogP contribution in [0.2, 0.25) is 0 Å². The van der Waals surface area contributed by atoms with E-state index >= 15 is 0 Å². The SMILES string of the molecule is CCn1cc(Br)cc1C(=O)Nc1ccc(-n2nc(C)cc2C)c(F)c1. The molecule has 0 aliphatic carbocycles. The first kappa shape index (κ1) is 17.4. The summed E-state index contributed by atoms with van der Waals surface area (Å²) in [6, 6.07) is 8.20. The minimum atomic E-state index is -0.448. The second-order valence-corrected chi connectivity index (χ2v) is 6.70. The van der Waals surface area contributed by atoms with Crippen molar-refractivity contribution in [2.45, 2.75) is 27.3 Å². The molecule has 2 aromatic heterocycles. The number of carbonyl (C=O) groups excluding carboxylic acids is 1. The van der Waals surface area contributed by atoms with Crippen molar-refractivity contribution in [2.24, 2.45) is 0 Å². The highest BCUT2D eigenvalue weighted by atomic mass is 79.9. The van der Waals surface area contributed by atoms with Crippen molar-refractivity contribution in [2.75, 3.05) is 5.32 Å². The van der Waals surface area contributed by atoms with E-state index in [4.69, 9.17) is 0 Å². The van der Waals surface area contributed by atoms with E-state index in [1.807, 2.05) is 37.6 Å². The summed E-state index contributed by atoms with van der Waals surface area (Å²) in [4.78, 5) is 12.4. The Labute approximate surface area is 153 Å². The summed E-state index contributed by atoms with van der Waals surface area (Å²) in [5.74, 6) is -0.734. The smallest absolute Gasteiger partial charge is 0.272 e. The Bertz CT molecular complexity index is 945. The van der Waals surface area contributed by atoms with Gasteiger partial charge in [0.2, 0.25) is 0 Å². The summed E-state index contributed by atoms with van der Waals surface area (Å²) in [6.45, 7) is 6.34. The molecule has 0 unspecified atom stereocenters. The number of nitrogens with zero attached hydrogens (tertiary/aromatic N) is 3. The Balaban J connectivity index is 1.86. The zero-order valence-corrected chi connectivity index (χ0v) is 15.8. The summed E-state index contributed by atoms with van der Waals surface area (Å²) < 4.78 is 18.7. The number of anilines is 1. The topological polar surface area (TPSA) is 51.9 Å². The number of benzene rings is 1. The highest BCUT2D eigenvalue weighted by Crippen LogP contribution is 2.21. The van der Waals surface area contributed by atoms with Crippen molar-refractivity contribution < 1.29 is 9.18 Å². The van der Waals surface area contributed by atoms with E-state index in [0.717, 1.165) is 15.9 Å². The normalized spacial score (nSPS) is 10.9. The van der Waals surface area contributed by atoms with Crippen LogP contribution in [0.5, 0.6) is 0 Å². The molecule has 0 aliphatic rings. The molecule has 0 fully saturated rings. The van der Waals surface area contributed by atoms with Gasteiger partial charge in [0.15, 0.2) is 5.82 Å². The molecule has 5 nitrogen and oxygen atoms in total. The summed E-state index contributed by atoms with van der Waals surface area (Å²) >= 11 is 3.36. The van der Waals surface area contributed by atoms with E-state index in [0.29, 0.717) is 23.6 Å². The summed E-state index contributed by atoms with van der Waals surface area (Å²) in [5, 5.41) is 7.02. The fourth-order valence-electron chi connectivity index (χ4n) is 2.75. The molecule has 1 aromatic carbocycles. The first-order valence-electron chi connectivity index (χ1n) is 7.89. The number of rotatable bonds is 4. The highest BCUT2D eigenvalue weighted by Gasteiger charge is 2.15. The van der Waals surface area contributed by atoms with Crippen LogP contribution in [-0.2, 0) is 6.54 Å². The van der Waals surface area contributed by atoms with Gasteiger partial charge in [0, 0.05) is 28.6 Å². The molecule has 2 heterocycles. The lowest BCUT2D eigenvalue weighted by Crippen LogP contribution is -2.16. The average molecular weight is 405 g/mol. The molecule has 25 heavy (non-hydrogen) atoms. The van der Waals surface area contributed by atoms with Crippen LogP contribution in [0.3, 0.4) is 0 Å². The number of aromatic nitrogens is 3. The van der Waals surface area contributed by atoms with Gasteiger partial charge in [-0.3, -0.25) is 4.79 Å². The van der Waals surface area contributed by atoms with Gasteiger partial charge in [0.25, 0.3) is 5.91 Å². The second-order valence-electron chi connectivity index (χ2n) is 5.79. The predicted octanol–water partition coefficient (Wildman–Crippen LogP) is 4.46. The number of aryl methyl sites for hydroxylation is 3. The first-order chi connectivity index (χ1) is 11.9. The summed E-state index contributed by atoms with van der Waals surface area (Å²) in [5.41, 5.74) is 2.92. The average Bonchev–Trinajstić information content (AvgIpc) is 3.09. The van der Waals surface area contributed by atoms with Crippen LogP contribution < -0.4 is 5.32 Å². The third kappa shape index (κ3) is 3.51. The lowest BCUT2D eigenvalue weighted by Gasteiger charge is -2.10. The molecule has 0 aliphatic heterocycles. The third-order valence-corrected chi connectivity index (χ3v) is 4.31. The molecule has 1 amide bonds. The van der Waals surface area contributed by atoms with Crippen LogP contribution in [0.25, 0.3) is 5.69 Å². The largest absolute Gasteiger partial charge is 0.343 e. The number of hydrogen-bond acceptors (Lipinski definition) is 2. The van der Waals surface area contributed by atoms with E-state index < -0.39 is 5.82 Å². The molecule has 0 saturated carbocycles. The monoisotopic (exact) mass is 404 g/mol. The molecular formula is C18H18BrFN4O. The van der Waals surface area contributed by atoms with Crippen molar-refractivity contribution in [3.05, 3.63) is 63.9 Å². The first-order valence-corrected chi connectivity index (χ1v) is 8.68. The van der Waals surface area contributed by atoms with Crippen LogP contribution >= 0.6 is 15.9 Å². The fourth-order valence-corrected chi connectivity index (χ4v) is 3.22. The number of nitrogens with one attached hydrogen (secondary N) is 1. The standard InChI is InChI=1S/C18H18BrFN4O/c1-4-23-10-13(19)8-17(23)18(25)21-14-5-6-16(15(20)9-14)24-12(3)7-11(2)22-24/h5-10H,4H2,1-3H3,(H,21,25). The van der Waals surface area contributed by atoms with Crippen LogP contribution in [0.15, 0.2) is 41.0 Å². The van der Waals surface area contributed by atoms with Crippen molar-refractivity contribution >= 4 is 27.5 Å². The maximum Gasteiger partial charge on any atom is 0.272 e. The lowest BCUT2D eigenvalue weighted by atomic mass is 10.2. The molecule has 7 heteroatoms. The summed E-state index contributed by atoms with van der Waals surface area (Å²) in [6.07, 6.45) is 1.83. The lowest BCUT2D eigenvalue weighted by molar-refractivity contribution is 0.101. The minimum Gasteiger partial charge on any atom is -0.343 e. The Morgan fingerprint density at radius 2 is 2.04 bits per heavy atom. The Hall–Kier alpha value is -2.41. The van der Waals surface area contributed by atoms with Gasteiger partial charge in [0.1, 0.15) is 11.4 Å². The van der Waals surface area contributed by atoms with E-state index in [2.05, 4.69) is 26.3 Å². The van der Waals surface area contributed by atoms with Crippen LogP contribution in [-0.4, -0.2) is 20.3 Å². The van der Waals surface area contributed by atoms with Crippen molar-refractivity contribution in [1.29, 1.82) is 0 Å². The van der Waals surface area contributed by atoms with E-state index in [1.54, 1.807) is 22.9 Å². The van der Waals surface area contributed by atoms with Crippen LogP contribution in [0.1, 0.15) is 28.8 Å². The molecule has 3 aromatic rings. The molecule has 0 bridgehead atoms. The molecule has 3 rings (SSSR count). The van der Waals surface area contributed by atoms with Gasteiger partial charge in [-0.05, 0) is 67.0 Å². The van der Waals surface area contributed by atoms with Gasteiger partial charge < -0.3 is 9.88 Å². The van der Waals surface area contributed by atoms with Gasteiger partial charge in [-0.25, -0.2) is 9.07 Å². The van der Waals surface area contributed by atoms with Crippen molar-refractivity contribution in [1.82, 2.24) is 14.3 Å². The van der Waals surface area contributed by atoms with Gasteiger partial charge >= 0.3 is 0 Å². The van der Waals surface area contributed by atoms with Gasteiger partial charge in [0.05, 0.1) is 5.69 Å². The van der Waals surface area contributed by atoms with Gasteiger partial charge in [-0.2, -0.15) is 5.10 Å². The minimum absolute atomic E-state index is 0.286. The van der Waals surface area contributed by atoms with E-state index in [1.165, 1.54) is 6.07 Å². The maximum absolute atomic E-state index is 14.5. The van der Waals surface area contributed by atoms with Crippen molar-refractivity contribution in [3.63, 3.8) is 0 Å². The Morgan fingerprint density at radius 1 is 1.28 bits per heavy atom. The second kappa shape index (κ2) is 6.84. The van der Waals surface area contributed by atoms with Crippen LogP contribution in [0, 0.1) is 19.7 Å². The van der Waals surface area contributed by atoms with E-state index in [-0.39, 0.29) is 5.91 Å². The van der Waals surface area contributed by atoms with Gasteiger partial charge in [-0.1, -0.05) is 0 Å². The molecule has 1 N–H and O–H groups in total. The molecular weight excluding hydrogens is 387 g/mol. The molecule has 0 saturated heterocycles. The highest BCUT2D eigenvalue weighted by molar-refractivity contribution is 9.10. The number of halogens is 2. The number of amides is 1. The zero-order chi connectivity index (χ0) is 18.1. The fraction of sp³-hybridized carbons (Fsp3) is 0.222. The zero-order valence-electron chi connectivity index (χ0n) is 14.2. The predicted molar refractivity (Wildman–Crippen MR) is 98.8 cm³/mol. The third-order valence-electron chi connectivity index (χ3n) is 3.88. The number of hydrogen-bond donors (Lipinski definition) is 1. The van der Waals surface area contributed by atoms with Crippen molar-refractivity contribution in [3.8, 4) is 5.69 Å². The van der Waals surface area contributed by atoms with Gasteiger partial charge in [-0.15, -0.1) is 0 Å². The maximum atomic E-state index is 14.5. The molecule has 0 atom stereocenters. The molecule has 130 valence electrons. The van der Waals surface area contributed by atoms with E-state index in [9.17, 15) is 9.18 Å². The Kier molecular flexibility index (Phi) is 4.76. The summed E-state index contributed by atoms with van der Waals surface area (Å²) in [7, 11) is 0. The quantitative estimate of drug-likeness (QED) is 0.697. The van der Waals surface area contributed by atoms with Crippen LogP contribution in [0.4, 0.5) is 10.1 Å². The Morgan fingerprint density at radius 3 is 2.64 bits per heavy atom. The number of carbonyl (C=O) groups is 1. The molecule has 0 spiro atoms. The molecule has 0 radical (unpaired) electrons.